The van der Waals surface area contributed by atoms with Crippen molar-refractivity contribution in [2.75, 3.05) is 18.1 Å². The lowest BCUT2D eigenvalue weighted by molar-refractivity contribution is -0.133. The van der Waals surface area contributed by atoms with Crippen LogP contribution in [-0.4, -0.2) is 44.8 Å². The molecule has 5 heteroatoms. The summed E-state index contributed by atoms with van der Waals surface area (Å²) in [7, 11) is -0.803. The van der Waals surface area contributed by atoms with E-state index in [2.05, 4.69) is 12.2 Å². The summed E-state index contributed by atoms with van der Waals surface area (Å²) < 4.78 is 11.7. The van der Waals surface area contributed by atoms with Gasteiger partial charge in [0.05, 0.1) is 11.7 Å². The van der Waals surface area contributed by atoms with Gasteiger partial charge in [0.1, 0.15) is 0 Å². The van der Waals surface area contributed by atoms with Crippen molar-refractivity contribution in [3.05, 3.63) is 0 Å². The Morgan fingerprint density at radius 1 is 1.35 bits per heavy atom. The first-order valence-electron chi connectivity index (χ1n) is 7.95. The monoisotopic (exact) mass is 300 g/mol. The van der Waals surface area contributed by atoms with E-state index in [9.17, 15) is 9.00 Å². The van der Waals surface area contributed by atoms with E-state index in [1.165, 1.54) is 25.7 Å². The minimum absolute atomic E-state index is 0.156. The summed E-state index contributed by atoms with van der Waals surface area (Å²) in [6.07, 6.45) is 5.92. The van der Waals surface area contributed by atoms with Crippen LogP contribution in [0.15, 0.2) is 0 Å². The molecule has 116 valence electrons. The maximum absolute atomic E-state index is 12.7. The van der Waals surface area contributed by atoms with Crippen LogP contribution in [0.25, 0.3) is 0 Å². The number of carbonyl (C=O) groups is 1. The lowest BCUT2D eigenvalue weighted by Crippen LogP contribution is -2.45. The molecule has 0 aromatic rings. The molecule has 1 saturated carbocycles. The van der Waals surface area contributed by atoms with Crippen LogP contribution in [0.1, 0.15) is 52.9 Å². The first kappa shape index (κ1) is 16.0. The SMILES string of the molecule is CCS(=O)CCN1C(=O)C(C)(CC)NC1C1CCCC1. The van der Waals surface area contributed by atoms with Gasteiger partial charge in [-0.15, -0.1) is 0 Å². The highest BCUT2D eigenvalue weighted by molar-refractivity contribution is 7.84. The Balaban J connectivity index is 2.10. The molecule has 1 N–H and O–H groups in total. The quantitative estimate of drug-likeness (QED) is 0.815. The molecule has 1 aliphatic carbocycles. The predicted molar refractivity (Wildman–Crippen MR) is 82.8 cm³/mol. The summed E-state index contributed by atoms with van der Waals surface area (Å²) in [6.45, 7) is 6.63. The van der Waals surface area contributed by atoms with Crippen LogP contribution < -0.4 is 5.32 Å². The molecule has 1 amide bonds. The molecule has 4 nitrogen and oxygen atoms in total. The molecule has 0 radical (unpaired) electrons. The molecule has 0 aromatic heterocycles. The van der Waals surface area contributed by atoms with E-state index in [4.69, 9.17) is 0 Å². The highest BCUT2D eigenvalue weighted by Crippen LogP contribution is 2.35. The molecule has 3 atom stereocenters. The average molecular weight is 300 g/mol. The van der Waals surface area contributed by atoms with Crippen LogP contribution in [0, 0.1) is 5.92 Å². The van der Waals surface area contributed by atoms with Crippen molar-refractivity contribution in [2.45, 2.75) is 64.6 Å². The second-order valence-corrected chi connectivity index (χ2v) is 8.12. The van der Waals surface area contributed by atoms with Crippen LogP contribution >= 0.6 is 0 Å². The highest BCUT2D eigenvalue weighted by Gasteiger charge is 2.49. The van der Waals surface area contributed by atoms with Crippen molar-refractivity contribution in [1.29, 1.82) is 0 Å². The summed E-state index contributed by atoms with van der Waals surface area (Å²) >= 11 is 0. The number of nitrogens with zero attached hydrogens (tertiary/aromatic N) is 1. The molecular weight excluding hydrogens is 272 g/mol. The van der Waals surface area contributed by atoms with Crippen molar-refractivity contribution in [2.24, 2.45) is 5.92 Å². The van der Waals surface area contributed by atoms with E-state index in [0.29, 0.717) is 24.0 Å². The average Bonchev–Trinajstić information content (AvgIpc) is 3.06. The third-order valence-corrected chi connectivity index (χ3v) is 6.25. The number of carbonyl (C=O) groups excluding carboxylic acids is 1. The van der Waals surface area contributed by atoms with Gasteiger partial charge in [-0.25, -0.2) is 0 Å². The minimum atomic E-state index is -0.803. The van der Waals surface area contributed by atoms with Crippen LogP contribution in [0.4, 0.5) is 0 Å². The Morgan fingerprint density at radius 2 is 2.00 bits per heavy atom. The van der Waals surface area contributed by atoms with Crippen molar-refractivity contribution in [3.63, 3.8) is 0 Å². The Labute approximate surface area is 125 Å². The molecule has 1 heterocycles. The largest absolute Gasteiger partial charge is 0.324 e. The van der Waals surface area contributed by atoms with Gasteiger partial charge in [-0.3, -0.25) is 14.3 Å². The molecule has 3 unspecified atom stereocenters. The summed E-state index contributed by atoms with van der Waals surface area (Å²) in [5.74, 6) is 2.05. The maximum atomic E-state index is 12.7. The lowest BCUT2D eigenvalue weighted by atomic mass is 9.99. The second-order valence-electron chi connectivity index (χ2n) is 6.25. The third kappa shape index (κ3) is 3.08. The standard InChI is InChI=1S/C15H28N2O2S/c1-4-15(3)14(18)17(10-11-20(19)5-2)13(16-15)12-8-6-7-9-12/h12-13,16H,4-11H2,1-3H3. The molecule has 2 fully saturated rings. The molecule has 0 bridgehead atoms. The maximum Gasteiger partial charge on any atom is 0.243 e. The van der Waals surface area contributed by atoms with E-state index in [1.54, 1.807) is 0 Å². The van der Waals surface area contributed by atoms with Crippen molar-refractivity contribution in [3.8, 4) is 0 Å². The highest BCUT2D eigenvalue weighted by atomic mass is 32.2. The topological polar surface area (TPSA) is 49.4 Å². The Bertz CT molecular complexity index is 382. The molecule has 1 aliphatic heterocycles. The van der Waals surface area contributed by atoms with Gasteiger partial charge in [0.15, 0.2) is 0 Å². The van der Waals surface area contributed by atoms with Gasteiger partial charge in [0.2, 0.25) is 5.91 Å². The van der Waals surface area contributed by atoms with Gasteiger partial charge in [0.25, 0.3) is 0 Å². The molecule has 2 rings (SSSR count). The fourth-order valence-electron chi connectivity index (χ4n) is 3.39. The molecule has 2 aliphatic rings. The molecule has 0 aromatic carbocycles. The second kappa shape index (κ2) is 6.56. The van der Waals surface area contributed by atoms with Gasteiger partial charge in [-0.2, -0.15) is 0 Å². The smallest absolute Gasteiger partial charge is 0.243 e. The van der Waals surface area contributed by atoms with Gasteiger partial charge < -0.3 is 4.90 Å². The zero-order valence-corrected chi connectivity index (χ0v) is 13.8. The van der Waals surface area contributed by atoms with Crippen LogP contribution in [0.3, 0.4) is 0 Å². The lowest BCUT2D eigenvalue weighted by Gasteiger charge is -2.28. The first-order valence-corrected chi connectivity index (χ1v) is 9.44. The Kier molecular flexibility index (Phi) is 5.24. The fraction of sp³-hybridized carbons (Fsp3) is 0.933. The van der Waals surface area contributed by atoms with Crippen LogP contribution in [-0.2, 0) is 15.6 Å². The fourth-order valence-corrected chi connectivity index (χ4v) is 4.08. The van der Waals surface area contributed by atoms with Crippen molar-refractivity contribution >= 4 is 16.7 Å². The summed E-state index contributed by atoms with van der Waals surface area (Å²) in [5.41, 5.74) is -0.430. The normalized spacial score (nSPS) is 33.0. The van der Waals surface area contributed by atoms with Gasteiger partial charge >= 0.3 is 0 Å². The number of hydrogen-bond donors (Lipinski definition) is 1. The van der Waals surface area contributed by atoms with Crippen LogP contribution in [0.5, 0.6) is 0 Å². The van der Waals surface area contributed by atoms with Gasteiger partial charge in [0, 0.05) is 28.9 Å². The van der Waals surface area contributed by atoms with E-state index < -0.39 is 16.3 Å². The molecule has 1 saturated heterocycles. The Morgan fingerprint density at radius 3 is 2.55 bits per heavy atom. The zero-order valence-electron chi connectivity index (χ0n) is 13.0. The van der Waals surface area contributed by atoms with Crippen molar-refractivity contribution in [1.82, 2.24) is 10.2 Å². The molecule has 0 spiro atoms. The van der Waals surface area contributed by atoms with E-state index in [-0.39, 0.29) is 12.1 Å². The third-order valence-electron chi connectivity index (χ3n) is 4.97. The van der Waals surface area contributed by atoms with Gasteiger partial charge in [-0.1, -0.05) is 26.7 Å². The number of rotatable bonds is 6. The zero-order chi connectivity index (χ0) is 14.8. The summed E-state index contributed by atoms with van der Waals surface area (Å²) in [5, 5.41) is 3.58. The number of nitrogens with one attached hydrogen (secondary N) is 1. The van der Waals surface area contributed by atoms with E-state index in [1.807, 2.05) is 18.7 Å². The summed E-state index contributed by atoms with van der Waals surface area (Å²) in [6, 6.07) is 0. The molecular formula is C15H28N2O2S. The van der Waals surface area contributed by atoms with Crippen molar-refractivity contribution < 1.29 is 9.00 Å². The van der Waals surface area contributed by atoms with Gasteiger partial charge in [-0.05, 0) is 32.1 Å². The van der Waals surface area contributed by atoms with Crippen LogP contribution in [0.2, 0.25) is 0 Å². The Hall–Kier alpha value is -0.420. The number of amides is 1. The van der Waals surface area contributed by atoms with E-state index >= 15 is 0 Å². The number of hydrogen-bond acceptors (Lipinski definition) is 3. The van der Waals surface area contributed by atoms with E-state index in [0.717, 1.165) is 6.42 Å². The first-order chi connectivity index (χ1) is 9.51. The predicted octanol–water partition coefficient (Wildman–Crippen LogP) is 1.87. The molecule has 20 heavy (non-hydrogen) atoms. The summed E-state index contributed by atoms with van der Waals surface area (Å²) in [4.78, 5) is 14.7. The minimum Gasteiger partial charge on any atom is -0.324 e.